The van der Waals surface area contributed by atoms with E-state index in [0.29, 0.717) is 39.8 Å². The molecule has 0 aliphatic carbocycles. The molecule has 4 aromatic heterocycles. The summed E-state index contributed by atoms with van der Waals surface area (Å²) in [6, 6.07) is 3.47. The highest BCUT2D eigenvalue weighted by molar-refractivity contribution is 6.42. The van der Waals surface area contributed by atoms with Crippen LogP contribution in [0.1, 0.15) is 31.9 Å². The molecule has 1 unspecified atom stereocenters. The van der Waals surface area contributed by atoms with Gasteiger partial charge in [0.15, 0.2) is 17.8 Å². The van der Waals surface area contributed by atoms with Crippen LogP contribution in [0.25, 0.3) is 27.9 Å². The lowest BCUT2D eigenvalue weighted by Crippen LogP contribution is -2.34. The number of anilines is 1. The second-order valence-electron chi connectivity index (χ2n) is 8.94. The van der Waals surface area contributed by atoms with Gasteiger partial charge < -0.3 is 20.4 Å². The lowest BCUT2D eigenvalue weighted by atomic mass is 10.1. The maximum Gasteiger partial charge on any atom is 0.232 e. The van der Waals surface area contributed by atoms with Gasteiger partial charge in [-0.3, -0.25) is 4.40 Å². The van der Waals surface area contributed by atoms with Crippen LogP contribution in [0.2, 0.25) is 10.0 Å². The quantitative estimate of drug-likeness (QED) is 0.264. The summed E-state index contributed by atoms with van der Waals surface area (Å²) in [5.41, 5.74) is 3.57. The van der Waals surface area contributed by atoms with Crippen LogP contribution in [-0.2, 0) is 6.54 Å². The maximum atomic E-state index is 13.8. The molecular weight excluding hydrogens is 520 g/mol. The first-order valence-electron chi connectivity index (χ1n) is 12.0. The Hall–Kier alpha value is -3.41. The summed E-state index contributed by atoms with van der Waals surface area (Å²) in [4.78, 5) is 17.2. The van der Waals surface area contributed by atoms with Crippen LogP contribution >= 0.6 is 23.2 Å². The van der Waals surface area contributed by atoms with Gasteiger partial charge in [-0.05, 0) is 45.0 Å². The summed E-state index contributed by atoms with van der Waals surface area (Å²) in [6.45, 7) is 3.58. The molecule has 0 spiro atoms. The molecule has 5 heterocycles. The van der Waals surface area contributed by atoms with Crippen molar-refractivity contribution in [2.24, 2.45) is 0 Å². The molecular formula is C24H24Cl2FN9O. The number of benzene rings is 1. The van der Waals surface area contributed by atoms with Crippen molar-refractivity contribution >= 4 is 45.7 Å². The second kappa shape index (κ2) is 9.81. The Morgan fingerprint density at radius 1 is 1.16 bits per heavy atom. The molecule has 3 N–H and O–H groups in total. The largest absolute Gasteiger partial charge is 0.473 e. The molecule has 37 heavy (non-hydrogen) atoms. The maximum absolute atomic E-state index is 13.8. The number of fused-ring (bicyclic) bond motifs is 2. The van der Waals surface area contributed by atoms with Crippen LogP contribution in [0, 0.1) is 0 Å². The monoisotopic (exact) mass is 543 g/mol. The zero-order valence-electron chi connectivity index (χ0n) is 19.9. The third-order valence-electron chi connectivity index (χ3n) is 6.30. The van der Waals surface area contributed by atoms with Crippen LogP contribution in [0.4, 0.5) is 10.2 Å². The van der Waals surface area contributed by atoms with Crippen molar-refractivity contribution in [3.8, 4) is 17.1 Å². The molecule has 1 saturated heterocycles. The highest BCUT2D eigenvalue weighted by Crippen LogP contribution is 2.29. The number of aromatic amines is 1. The Balaban J connectivity index is 1.35. The van der Waals surface area contributed by atoms with Gasteiger partial charge in [-0.15, -0.1) is 0 Å². The molecule has 1 aliphatic heterocycles. The van der Waals surface area contributed by atoms with Crippen molar-refractivity contribution in [3.05, 3.63) is 52.8 Å². The van der Waals surface area contributed by atoms with Crippen molar-refractivity contribution in [2.75, 3.05) is 18.4 Å². The minimum absolute atomic E-state index is 0.0611. The lowest BCUT2D eigenvalue weighted by Gasteiger charge is -2.23. The number of hydrogen-bond acceptors (Lipinski definition) is 7. The summed E-state index contributed by atoms with van der Waals surface area (Å²) < 4.78 is 23.2. The van der Waals surface area contributed by atoms with Gasteiger partial charge in [0.25, 0.3) is 0 Å². The first-order valence-corrected chi connectivity index (χ1v) is 12.7. The van der Waals surface area contributed by atoms with Gasteiger partial charge in [-0.2, -0.15) is 10.1 Å². The van der Waals surface area contributed by atoms with Gasteiger partial charge in [-0.25, -0.2) is 19.0 Å². The Morgan fingerprint density at radius 3 is 2.76 bits per heavy atom. The van der Waals surface area contributed by atoms with Gasteiger partial charge in [0.1, 0.15) is 11.9 Å². The molecule has 1 fully saturated rings. The van der Waals surface area contributed by atoms with Crippen LogP contribution in [0.15, 0.2) is 36.9 Å². The highest BCUT2D eigenvalue weighted by atomic mass is 35.5. The predicted octanol–water partition coefficient (Wildman–Crippen LogP) is 5.01. The number of ether oxygens (including phenoxy) is 1. The first-order chi connectivity index (χ1) is 17.9. The van der Waals surface area contributed by atoms with Crippen LogP contribution in [0.3, 0.4) is 0 Å². The van der Waals surface area contributed by atoms with E-state index in [1.165, 1.54) is 11.6 Å². The van der Waals surface area contributed by atoms with Gasteiger partial charge in [0.05, 0.1) is 51.9 Å². The van der Waals surface area contributed by atoms with Gasteiger partial charge in [-0.1, -0.05) is 23.2 Å². The van der Waals surface area contributed by atoms with Gasteiger partial charge in [0.2, 0.25) is 5.88 Å². The second-order valence-corrected chi connectivity index (χ2v) is 9.75. The topological polar surface area (TPSA) is 110 Å². The molecule has 1 aromatic carbocycles. The minimum Gasteiger partial charge on any atom is -0.473 e. The lowest BCUT2D eigenvalue weighted by molar-refractivity contribution is 0.155. The molecule has 0 saturated carbocycles. The molecule has 5 aromatic rings. The zero-order valence-corrected chi connectivity index (χ0v) is 21.4. The summed E-state index contributed by atoms with van der Waals surface area (Å²) >= 11 is 12.3. The number of H-pyrrole nitrogens is 1. The fourth-order valence-corrected chi connectivity index (χ4v) is 4.73. The molecule has 6 rings (SSSR count). The van der Waals surface area contributed by atoms with Gasteiger partial charge in [0, 0.05) is 11.8 Å². The first kappa shape index (κ1) is 24.0. The van der Waals surface area contributed by atoms with E-state index in [4.69, 9.17) is 32.9 Å². The number of aromatic nitrogens is 7. The summed E-state index contributed by atoms with van der Waals surface area (Å²) in [5, 5.41) is 11.7. The van der Waals surface area contributed by atoms with Crippen LogP contribution in [-0.4, -0.2) is 53.3 Å². The van der Waals surface area contributed by atoms with Crippen molar-refractivity contribution < 1.29 is 9.13 Å². The smallest absolute Gasteiger partial charge is 0.232 e. The molecule has 0 bridgehead atoms. The number of hydrogen-bond donors (Lipinski definition) is 3. The third-order valence-corrected chi connectivity index (χ3v) is 7.02. The number of nitrogens with one attached hydrogen (secondary N) is 3. The molecule has 1 aliphatic rings. The van der Waals surface area contributed by atoms with E-state index in [1.807, 2.05) is 10.6 Å². The number of piperidine rings is 1. The summed E-state index contributed by atoms with van der Waals surface area (Å²) in [6.07, 6.45) is 7.41. The minimum atomic E-state index is -1.24. The van der Waals surface area contributed by atoms with E-state index in [2.05, 4.69) is 30.7 Å². The third kappa shape index (κ3) is 4.81. The SMILES string of the molecule is CC(F)n1cc(-c2cnc3c(NCc4nc5cc(Cl)c(Cl)cc5[nH]4)nc(OC4CCNCC4)cn23)cn1. The Kier molecular flexibility index (Phi) is 6.35. The fourth-order valence-electron chi connectivity index (χ4n) is 4.41. The van der Waals surface area contributed by atoms with Crippen molar-refractivity contribution in [1.82, 2.24) is 39.4 Å². The summed E-state index contributed by atoms with van der Waals surface area (Å²) in [7, 11) is 0. The molecule has 1 atom stereocenters. The van der Waals surface area contributed by atoms with E-state index in [9.17, 15) is 4.39 Å². The fraction of sp³-hybridized carbons (Fsp3) is 0.333. The van der Waals surface area contributed by atoms with Crippen molar-refractivity contribution in [3.63, 3.8) is 0 Å². The Morgan fingerprint density at radius 2 is 1.97 bits per heavy atom. The highest BCUT2D eigenvalue weighted by Gasteiger charge is 2.19. The van der Waals surface area contributed by atoms with E-state index in [0.717, 1.165) is 48.2 Å². The molecule has 0 amide bonds. The molecule has 0 radical (unpaired) electrons. The molecule has 10 nitrogen and oxygen atoms in total. The van der Waals surface area contributed by atoms with E-state index < -0.39 is 6.30 Å². The number of halogens is 3. The number of imidazole rings is 2. The molecule has 192 valence electrons. The number of nitrogens with zero attached hydrogens (tertiary/aromatic N) is 6. The number of alkyl halides is 1. The van der Waals surface area contributed by atoms with E-state index in [-0.39, 0.29) is 6.10 Å². The van der Waals surface area contributed by atoms with Crippen molar-refractivity contribution in [1.29, 1.82) is 0 Å². The normalized spacial score (nSPS) is 15.5. The van der Waals surface area contributed by atoms with Crippen molar-refractivity contribution in [2.45, 2.75) is 38.7 Å². The predicted molar refractivity (Wildman–Crippen MR) is 140 cm³/mol. The average molecular weight is 544 g/mol. The summed E-state index contributed by atoms with van der Waals surface area (Å²) in [5.74, 6) is 1.68. The Labute approximate surface area is 221 Å². The molecule has 13 heteroatoms. The number of rotatable bonds is 7. The average Bonchev–Trinajstić information content (AvgIpc) is 3.61. The van der Waals surface area contributed by atoms with E-state index in [1.54, 1.807) is 30.7 Å². The zero-order chi connectivity index (χ0) is 25.5. The van der Waals surface area contributed by atoms with Crippen LogP contribution in [0.5, 0.6) is 5.88 Å². The standard InChI is InChI=1S/C24H24Cl2FN9O/c1-13(27)36-11-14(8-31-36)20-9-30-24-23(34-22(12-35(20)24)37-15-2-4-28-5-3-15)29-10-21-32-18-6-16(25)17(26)7-19(18)33-21/h6-9,11-13,15,28H,2-5,10H2,1H3,(H,29,34)(H,32,33). The van der Waals surface area contributed by atoms with Crippen LogP contribution < -0.4 is 15.4 Å². The Bertz CT molecular complexity index is 1530. The van der Waals surface area contributed by atoms with Gasteiger partial charge >= 0.3 is 0 Å². The van der Waals surface area contributed by atoms with E-state index >= 15 is 0 Å².